The Morgan fingerprint density at radius 3 is 2.27 bits per heavy atom. The normalized spacial score (nSPS) is 12.7. The number of hydrogen-bond donors (Lipinski definition) is 2. The fourth-order valence-electron chi connectivity index (χ4n) is 4.18. The van der Waals surface area contributed by atoms with Gasteiger partial charge in [0, 0.05) is 62.7 Å². The van der Waals surface area contributed by atoms with Crippen LogP contribution in [0.25, 0.3) is 11.1 Å². The van der Waals surface area contributed by atoms with Crippen LogP contribution in [-0.2, 0) is 14.3 Å². The van der Waals surface area contributed by atoms with E-state index >= 15 is 0 Å². The molecular weight excluding hydrogens is 602 g/mol. The van der Waals surface area contributed by atoms with Crippen LogP contribution >= 0.6 is 22.9 Å². The van der Waals surface area contributed by atoms with Gasteiger partial charge in [0.15, 0.2) is 6.29 Å². The zero-order valence-electron chi connectivity index (χ0n) is 25.3. The van der Waals surface area contributed by atoms with Gasteiger partial charge in [0.2, 0.25) is 5.91 Å². The van der Waals surface area contributed by atoms with Crippen molar-refractivity contribution in [2.24, 2.45) is 0 Å². The van der Waals surface area contributed by atoms with Crippen molar-refractivity contribution in [1.29, 1.82) is 0 Å². The second kappa shape index (κ2) is 20.1. The molecule has 0 unspecified atom stereocenters. The molecule has 9 nitrogen and oxygen atoms in total. The van der Waals surface area contributed by atoms with E-state index in [2.05, 4.69) is 33.4 Å². The van der Waals surface area contributed by atoms with E-state index in [1.165, 1.54) is 30.6 Å². The number of nitrogens with one attached hydrogen (secondary N) is 2. The van der Waals surface area contributed by atoms with Gasteiger partial charge in [-0.1, -0.05) is 67.2 Å². The molecule has 2 amide bonds. The molecule has 0 aliphatic carbocycles. The summed E-state index contributed by atoms with van der Waals surface area (Å²) in [6, 6.07) is 12.9. The van der Waals surface area contributed by atoms with Crippen LogP contribution in [0, 0.1) is 0 Å². The van der Waals surface area contributed by atoms with Crippen molar-refractivity contribution in [3.8, 4) is 16.9 Å². The number of rotatable bonds is 10. The Hall–Kier alpha value is -3.96. The number of likely N-dealkylation sites (tertiary alicyclic amines) is 1. The van der Waals surface area contributed by atoms with Crippen LogP contribution in [0.1, 0.15) is 29.6 Å². The number of anilines is 2. The van der Waals surface area contributed by atoms with E-state index in [0.29, 0.717) is 42.7 Å². The SMILES string of the molecule is C=CC=C.COC.COc1cc(NC(=O)CCN2CCC(OC(=O)Nc3cscc3-c3ccccc3)CC2)c(Cl)cc1C=O. The summed E-state index contributed by atoms with van der Waals surface area (Å²) < 4.78 is 15.1. The number of halogens is 1. The first-order valence-electron chi connectivity index (χ1n) is 13.9. The Morgan fingerprint density at radius 2 is 1.68 bits per heavy atom. The minimum absolute atomic E-state index is 0.175. The first-order valence-corrected chi connectivity index (χ1v) is 15.2. The van der Waals surface area contributed by atoms with Gasteiger partial charge >= 0.3 is 6.09 Å². The Balaban J connectivity index is 0.000000876. The zero-order chi connectivity index (χ0) is 32.3. The lowest BCUT2D eigenvalue weighted by molar-refractivity contribution is -0.116. The molecule has 4 rings (SSSR count). The molecule has 1 saturated heterocycles. The Bertz CT molecular complexity index is 1350. The number of ether oxygens (including phenoxy) is 3. The summed E-state index contributed by atoms with van der Waals surface area (Å²) in [5, 5.41) is 9.83. The molecule has 1 aromatic heterocycles. The molecule has 1 aliphatic heterocycles. The van der Waals surface area contributed by atoms with Crippen LogP contribution in [0.5, 0.6) is 5.75 Å². The van der Waals surface area contributed by atoms with E-state index in [9.17, 15) is 14.4 Å². The van der Waals surface area contributed by atoms with E-state index in [0.717, 1.165) is 29.9 Å². The van der Waals surface area contributed by atoms with E-state index < -0.39 is 6.09 Å². The molecule has 1 fully saturated rings. The average Bonchev–Trinajstić information content (AvgIpc) is 3.50. The summed E-state index contributed by atoms with van der Waals surface area (Å²) in [5.41, 5.74) is 3.46. The molecule has 2 heterocycles. The molecule has 11 heteroatoms. The largest absolute Gasteiger partial charge is 0.496 e. The molecular formula is C33H40ClN3O6S. The van der Waals surface area contributed by atoms with Gasteiger partial charge in [-0.25, -0.2) is 4.79 Å². The topological polar surface area (TPSA) is 106 Å². The first kappa shape index (κ1) is 36.2. The van der Waals surface area contributed by atoms with Gasteiger partial charge < -0.3 is 24.4 Å². The second-order valence-corrected chi connectivity index (χ2v) is 10.7. The number of carbonyl (C=O) groups is 3. The number of carbonyl (C=O) groups excluding carboxylic acids is 3. The molecule has 0 spiro atoms. The number of nitrogens with zero attached hydrogens (tertiary/aromatic N) is 1. The van der Waals surface area contributed by atoms with Crippen LogP contribution in [0.15, 0.2) is 78.5 Å². The molecule has 0 bridgehead atoms. The molecule has 3 aromatic rings. The number of thiophene rings is 1. The van der Waals surface area contributed by atoms with Gasteiger partial charge in [-0.2, -0.15) is 0 Å². The average molecular weight is 642 g/mol. The highest BCUT2D eigenvalue weighted by Crippen LogP contribution is 2.32. The maximum absolute atomic E-state index is 12.5. The van der Waals surface area contributed by atoms with E-state index in [-0.39, 0.29) is 23.5 Å². The van der Waals surface area contributed by atoms with Crippen molar-refractivity contribution in [2.45, 2.75) is 25.4 Å². The highest BCUT2D eigenvalue weighted by Gasteiger charge is 2.23. The minimum atomic E-state index is -0.457. The lowest BCUT2D eigenvalue weighted by Gasteiger charge is -2.31. The van der Waals surface area contributed by atoms with Crippen molar-refractivity contribution in [3.05, 3.63) is 89.1 Å². The third-order valence-corrected chi connectivity index (χ3v) is 7.39. The van der Waals surface area contributed by atoms with Crippen LogP contribution in [0.4, 0.5) is 16.2 Å². The second-order valence-electron chi connectivity index (χ2n) is 9.51. The highest BCUT2D eigenvalue weighted by atomic mass is 35.5. The number of benzene rings is 2. The number of amides is 2. The quantitative estimate of drug-likeness (QED) is 0.174. The maximum atomic E-state index is 12.5. The summed E-state index contributed by atoms with van der Waals surface area (Å²) in [5.74, 6) is 0.154. The summed E-state index contributed by atoms with van der Waals surface area (Å²) in [6.07, 6.45) is 4.96. The van der Waals surface area contributed by atoms with Crippen LogP contribution in [-0.4, -0.2) is 70.3 Å². The third-order valence-electron chi connectivity index (χ3n) is 6.33. The van der Waals surface area contributed by atoms with Gasteiger partial charge in [-0.3, -0.25) is 14.9 Å². The van der Waals surface area contributed by atoms with Crippen LogP contribution in [0.3, 0.4) is 0 Å². The number of methoxy groups -OCH3 is 2. The highest BCUT2D eigenvalue weighted by molar-refractivity contribution is 7.08. The zero-order valence-corrected chi connectivity index (χ0v) is 26.9. The van der Waals surface area contributed by atoms with Gasteiger partial charge in [0.05, 0.1) is 29.1 Å². The molecule has 0 radical (unpaired) electrons. The minimum Gasteiger partial charge on any atom is -0.496 e. The first-order chi connectivity index (χ1) is 21.3. The van der Waals surface area contributed by atoms with Crippen LogP contribution in [0.2, 0.25) is 5.02 Å². The predicted octanol–water partition coefficient (Wildman–Crippen LogP) is 7.55. The van der Waals surface area contributed by atoms with Crippen molar-refractivity contribution >= 4 is 52.6 Å². The monoisotopic (exact) mass is 641 g/mol. The molecule has 2 aromatic carbocycles. The summed E-state index contributed by atoms with van der Waals surface area (Å²) in [6.45, 7) is 8.74. The fourth-order valence-corrected chi connectivity index (χ4v) is 5.19. The van der Waals surface area contributed by atoms with E-state index in [1.807, 2.05) is 41.1 Å². The fraction of sp³-hybridized carbons (Fsp3) is 0.303. The molecule has 1 aliphatic rings. The smallest absolute Gasteiger partial charge is 0.411 e. The van der Waals surface area contributed by atoms with Gasteiger partial charge in [-0.05, 0) is 24.5 Å². The van der Waals surface area contributed by atoms with Crippen molar-refractivity contribution in [2.75, 3.05) is 51.6 Å². The van der Waals surface area contributed by atoms with E-state index in [1.54, 1.807) is 26.4 Å². The Kier molecular flexibility index (Phi) is 16.5. The number of aldehydes is 1. The predicted molar refractivity (Wildman–Crippen MR) is 179 cm³/mol. The van der Waals surface area contributed by atoms with Gasteiger partial charge in [0.1, 0.15) is 11.9 Å². The number of allylic oxidation sites excluding steroid dienone is 2. The Morgan fingerprint density at radius 1 is 1.02 bits per heavy atom. The molecule has 0 saturated carbocycles. The van der Waals surface area contributed by atoms with Crippen molar-refractivity contribution in [3.63, 3.8) is 0 Å². The van der Waals surface area contributed by atoms with Gasteiger partial charge in [0.25, 0.3) is 0 Å². The summed E-state index contributed by atoms with van der Waals surface area (Å²) in [4.78, 5) is 38.3. The summed E-state index contributed by atoms with van der Waals surface area (Å²) >= 11 is 7.71. The standard InChI is InChI=1S/C27H28ClN3O5S.C4H6.C2H6O/c1-35-25-14-23(22(28)13-19(25)15-32)29-26(33)9-12-31-10-7-20(8-11-31)36-27(34)30-24-17-37-16-21(24)18-5-3-2-4-6-18;1-3-4-2;1-3-2/h2-6,13-17,20H,7-12H2,1H3,(H,29,33)(H,30,34);3-4H,1-2H2;1-2H3. The molecule has 44 heavy (non-hydrogen) atoms. The van der Waals surface area contributed by atoms with Crippen molar-refractivity contribution < 1.29 is 28.6 Å². The van der Waals surface area contributed by atoms with E-state index in [4.69, 9.17) is 21.1 Å². The number of hydrogen-bond acceptors (Lipinski definition) is 8. The lowest BCUT2D eigenvalue weighted by atomic mass is 10.1. The van der Waals surface area contributed by atoms with Gasteiger partial charge in [-0.15, -0.1) is 11.3 Å². The molecule has 0 atom stereocenters. The summed E-state index contributed by atoms with van der Waals surface area (Å²) in [7, 11) is 4.70. The van der Waals surface area contributed by atoms with Crippen LogP contribution < -0.4 is 15.4 Å². The third kappa shape index (κ3) is 12.0. The molecule has 236 valence electrons. The Labute approximate surface area is 268 Å². The maximum Gasteiger partial charge on any atom is 0.411 e. The lowest BCUT2D eigenvalue weighted by Crippen LogP contribution is -2.39. The number of piperidine rings is 1. The molecule has 2 N–H and O–H groups in total. The van der Waals surface area contributed by atoms with Crippen molar-refractivity contribution in [1.82, 2.24) is 4.90 Å².